The molecule has 0 bridgehead atoms. The quantitative estimate of drug-likeness (QED) is 0.461. The molecule has 9 nitrogen and oxygen atoms in total. The maximum absolute atomic E-state index is 12.0. The Morgan fingerprint density at radius 3 is 2.38 bits per heavy atom. The van der Waals surface area contributed by atoms with Gasteiger partial charge in [0.15, 0.2) is 0 Å². The number of hydrogen-bond acceptors (Lipinski definition) is 5. The van der Waals surface area contributed by atoms with Gasteiger partial charge in [0.1, 0.15) is 6.54 Å². The van der Waals surface area contributed by atoms with Crippen LogP contribution in [0.1, 0.15) is 11.1 Å². The van der Waals surface area contributed by atoms with Crippen LogP contribution < -0.4 is 10.6 Å². The Hall–Kier alpha value is -3.49. The second kappa shape index (κ2) is 7.60. The first-order chi connectivity index (χ1) is 12.2. The van der Waals surface area contributed by atoms with E-state index in [-0.39, 0.29) is 6.54 Å². The van der Waals surface area contributed by atoms with Crippen molar-refractivity contribution in [3.8, 4) is 0 Å². The topological polar surface area (TPSA) is 116 Å². The lowest BCUT2D eigenvalue weighted by molar-refractivity contribution is -0.143. The zero-order valence-electron chi connectivity index (χ0n) is 14.4. The molecule has 0 saturated carbocycles. The van der Waals surface area contributed by atoms with Crippen molar-refractivity contribution >= 4 is 35.5 Å². The largest absolute Gasteiger partial charge is 0.335 e. The van der Waals surface area contributed by atoms with Crippen LogP contribution in [0, 0.1) is 13.8 Å². The molecular weight excluding hydrogens is 340 g/mol. The summed E-state index contributed by atoms with van der Waals surface area (Å²) in [6.07, 6.45) is 1.28. The molecule has 1 saturated heterocycles. The number of carbonyl (C=O) groups is 5. The smallest absolute Gasteiger partial charge is 0.307 e. The van der Waals surface area contributed by atoms with Crippen LogP contribution in [0.2, 0.25) is 0 Å². The molecule has 1 aromatic carbocycles. The second-order valence-corrected chi connectivity index (χ2v) is 5.70. The van der Waals surface area contributed by atoms with Gasteiger partial charge in [0, 0.05) is 12.2 Å². The van der Waals surface area contributed by atoms with Crippen LogP contribution in [0.25, 0.3) is 0 Å². The Labute approximate surface area is 149 Å². The van der Waals surface area contributed by atoms with E-state index < -0.39 is 36.3 Å². The highest BCUT2D eigenvalue weighted by atomic mass is 16.2. The van der Waals surface area contributed by atoms with Crippen LogP contribution in [0.3, 0.4) is 0 Å². The van der Waals surface area contributed by atoms with Gasteiger partial charge in [0.05, 0.1) is 0 Å². The number of aryl methyl sites for hydroxylation is 2. The summed E-state index contributed by atoms with van der Waals surface area (Å²) in [6, 6.07) is 3.61. The predicted molar refractivity (Wildman–Crippen MR) is 92.1 cm³/mol. The molecule has 2 rings (SSSR count). The van der Waals surface area contributed by atoms with Gasteiger partial charge in [0.25, 0.3) is 0 Å². The van der Waals surface area contributed by atoms with Crippen LogP contribution >= 0.6 is 0 Å². The molecule has 0 atom stereocenters. The molecule has 2 N–H and O–H groups in total. The number of hydrogen-bond donors (Lipinski definition) is 2. The predicted octanol–water partition coefficient (Wildman–Crippen LogP) is 0.928. The number of anilines is 1. The van der Waals surface area contributed by atoms with Crippen molar-refractivity contribution < 1.29 is 24.0 Å². The van der Waals surface area contributed by atoms with Gasteiger partial charge in [-0.1, -0.05) is 23.8 Å². The van der Waals surface area contributed by atoms with E-state index in [0.717, 1.165) is 11.1 Å². The fraction of sp³-hybridized carbons (Fsp3) is 0.235. The minimum atomic E-state index is -1.12. The molecular formula is C17H18N4O5. The van der Waals surface area contributed by atoms with Crippen LogP contribution in [-0.2, 0) is 14.4 Å². The number of nitrogens with zero attached hydrogens (tertiary/aromatic N) is 2. The van der Waals surface area contributed by atoms with Crippen molar-refractivity contribution in [3.63, 3.8) is 0 Å². The van der Waals surface area contributed by atoms with Crippen LogP contribution in [0.5, 0.6) is 0 Å². The minimum Gasteiger partial charge on any atom is -0.307 e. The minimum absolute atomic E-state index is 0.144. The standard InChI is InChI=1S/C17H18N4O5/c1-4-7-20-14(23)15(24)21(17(20)26)9-13(22)19-16(25)18-12-6-5-10(2)8-11(12)3/h4-6,8H,1,7,9H2,2-3H3,(H2,18,19,22,25). The molecule has 0 spiro atoms. The summed E-state index contributed by atoms with van der Waals surface area (Å²) in [5.41, 5.74) is 2.34. The number of urea groups is 2. The first kappa shape index (κ1) is 18.8. The third-order valence-electron chi connectivity index (χ3n) is 3.63. The van der Waals surface area contributed by atoms with Gasteiger partial charge < -0.3 is 5.32 Å². The van der Waals surface area contributed by atoms with Crippen molar-refractivity contribution in [1.29, 1.82) is 0 Å². The van der Waals surface area contributed by atoms with Crippen molar-refractivity contribution in [2.24, 2.45) is 0 Å². The lowest BCUT2D eigenvalue weighted by Crippen LogP contribution is -2.44. The fourth-order valence-corrected chi connectivity index (χ4v) is 2.40. The summed E-state index contributed by atoms with van der Waals surface area (Å²) < 4.78 is 0. The number of nitrogens with one attached hydrogen (secondary N) is 2. The van der Waals surface area contributed by atoms with Crippen LogP contribution in [0.4, 0.5) is 15.3 Å². The van der Waals surface area contributed by atoms with Crippen molar-refractivity contribution in [2.45, 2.75) is 13.8 Å². The highest BCUT2D eigenvalue weighted by Crippen LogP contribution is 2.16. The molecule has 1 aliphatic heterocycles. The summed E-state index contributed by atoms with van der Waals surface area (Å²) in [7, 11) is 0. The van der Waals surface area contributed by atoms with E-state index in [0.29, 0.717) is 15.5 Å². The summed E-state index contributed by atoms with van der Waals surface area (Å²) in [5.74, 6) is -3.06. The van der Waals surface area contributed by atoms with E-state index in [9.17, 15) is 24.0 Å². The maximum atomic E-state index is 12.0. The third kappa shape index (κ3) is 3.94. The van der Waals surface area contributed by atoms with Gasteiger partial charge in [0.2, 0.25) is 5.91 Å². The number of benzene rings is 1. The summed E-state index contributed by atoms with van der Waals surface area (Å²) in [5, 5.41) is 4.52. The Morgan fingerprint density at radius 2 is 1.77 bits per heavy atom. The molecule has 0 aliphatic carbocycles. The van der Waals surface area contributed by atoms with Gasteiger partial charge in [-0.05, 0) is 25.5 Å². The molecule has 0 aromatic heterocycles. The highest BCUT2D eigenvalue weighted by molar-refractivity contribution is 6.45. The van der Waals surface area contributed by atoms with E-state index in [1.807, 2.05) is 18.3 Å². The van der Waals surface area contributed by atoms with Gasteiger partial charge in [-0.25, -0.2) is 14.5 Å². The van der Waals surface area contributed by atoms with Crippen LogP contribution in [0.15, 0.2) is 30.9 Å². The molecule has 0 unspecified atom stereocenters. The molecule has 1 aliphatic rings. The SMILES string of the molecule is C=CCN1C(=O)C(=O)N(CC(=O)NC(=O)Nc2ccc(C)cc2C)C1=O. The number of carbonyl (C=O) groups excluding carboxylic acids is 5. The van der Waals surface area contributed by atoms with Gasteiger partial charge in [-0.15, -0.1) is 6.58 Å². The van der Waals surface area contributed by atoms with E-state index in [1.54, 1.807) is 19.1 Å². The Bertz CT molecular complexity index is 817. The monoisotopic (exact) mass is 358 g/mol. The molecule has 1 fully saturated rings. The van der Waals surface area contributed by atoms with Crippen molar-refractivity contribution in [1.82, 2.24) is 15.1 Å². The van der Waals surface area contributed by atoms with E-state index >= 15 is 0 Å². The zero-order chi connectivity index (χ0) is 19.4. The maximum Gasteiger partial charge on any atom is 0.335 e. The molecule has 1 aromatic rings. The average molecular weight is 358 g/mol. The number of rotatable bonds is 5. The second-order valence-electron chi connectivity index (χ2n) is 5.70. The first-order valence-corrected chi connectivity index (χ1v) is 7.71. The van der Waals surface area contributed by atoms with Gasteiger partial charge >= 0.3 is 23.9 Å². The average Bonchev–Trinajstić information content (AvgIpc) is 2.75. The molecule has 136 valence electrons. The van der Waals surface area contributed by atoms with Crippen molar-refractivity contribution in [2.75, 3.05) is 18.4 Å². The highest BCUT2D eigenvalue weighted by Gasteiger charge is 2.44. The lowest BCUT2D eigenvalue weighted by atomic mass is 10.1. The van der Waals surface area contributed by atoms with Crippen LogP contribution in [-0.4, -0.2) is 52.7 Å². The Morgan fingerprint density at radius 1 is 1.12 bits per heavy atom. The normalized spacial score (nSPS) is 13.8. The Balaban J connectivity index is 1.96. The number of amides is 7. The van der Waals surface area contributed by atoms with Crippen molar-refractivity contribution in [3.05, 3.63) is 42.0 Å². The first-order valence-electron chi connectivity index (χ1n) is 7.71. The zero-order valence-corrected chi connectivity index (χ0v) is 14.4. The lowest BCUT2D eigenvalue weighted by Gasteiger charge is -2.14. The molecule has 9 heteroatoms. The van der Waals surface area contributed by atoms with Gasteiger partial charge in [-0.3, -0.25) is 24.6 Å². The van der Waals surface area contributed by atoms with E-state index in [2.05, 4.69) is 11.9 Å². The number of imide groups is 3. The molecule has 1 heterocycles. The summed E-state index contributed by atoms with van der Waals surface area (Å²) >= 11 is 0. The van der Waals surface area contributed by atoms with Gasteiger partial charge in [-0.2, -0.15) is 0 Å². The molecule has 0 radical (unpaired) electrons. The molecule has 26 heavy (non-hydrogen) atoms. The van der Waals surface area contributed by atoms with E-state index in [1.165, 1.54) is 6.08 Å². The third-order valence-corrected chi connectivity index (χ3v) is 3.63. The summed E-state index contributed by atoms with van der Waals surface area (Å²) in [4.78, 5) is 60.4. The summed E-state index contributed by atoms with van der Waals surface area (Å²) in [6.45, 7) is 6.21. The fourth-order valence-electron chi connectivity index (χ4n) is 2.40. The Kier molecular flexibility index (Phi) is 5.51. The molecule has 7 amide bonds. The van der Waals surface area contributed by atoms with E-state index in [4.69, 9.17) is 0 Å².